The van der Waals surface area contributed by atoms with Gasteiger partial charge in [-0.2, -0.15) is 0 Å². The summed E-state index contributed by atoms with van der Waals surface area (Å²) >= 11 is 0. The van der Waals surface area contributed by atoms with Crippen molar-refractivity contribution in [3.63, 3.8) is 0 Å². The monoisotopic (exact) mass is 290 g/mol. The molecule has 0 spiro atoms. The summed E-state index contributed by atoms with van der Waals surface area (Å²) in [6, 6.07) is 6.69. The molecule has 4 nitrogen and oxygen atoms in total. The zero-order chi connectivity index (χ0) is 14.8. The number of carbonyl (C=O) groups excluding carboxylic acids is 2. The maximum Gasteiger partial charge on any atom is 0.224 e. The summed E-state index contributed by atoms with van der Waals surface area (Å²) in [6.45, 7) is 1.14. The molecule has 0 bridgehead atoms. The summed E-state index contributed by atoms with van der Waals surface area (Å²) in [5.74, 6) is -0.0214. The molecule has 2 aliphatic rings. The van der Waals surface area contributed by atoms with Crippen molar-refractivity contribution in [1.29, 1.82) is 0 Å². The van der Waals surface area contributed by atoms with Gasteiger partial charge >= 0.3 is 0 Å². The molecule has 2 fully saturated rings. The number of hydrogen-bond acceptors (Lipinski definition) is 2. The van der Waals surface area contributed by atoms with Gasteiger partial charge in [-0.3, -0.25) is 9.59 Å². The summed E-state index contributed by atoms with van der Waals surface area (Å²) < 4.78 is 13.7. The Hall–Kier alpha value is -1.91. The van der Waals surface area contributed by atoms with E-state index in [1.807, 2.05) is 6.07 Å². The number of nitrogens with one attached hydrogen (secondary N) is 1. The average Bonchev–Trinajstić information content (AvgIpc) is 2.39. The van der Waals surface area contributed by atoms with Crippen LogP contribution in [0.2, 0.25) is 0 Å². The number of likely N-dealkylation sites (tertiary alicyclic amines) is 1. The first-order valence-electron chi connectivity index (χ1n) is 7.45. The summed E-state index contributed by atoms with van der Waals surface area (Å²) in [5.41, 5.74) is 0.688. The predicted molar refractivity (Wildman–Crippen MR) is 76.1 cm³/mol. The number of carbonyl (C=O) groups is 2. The molecule has 0 saturated carbocycles. The quantitative estimate of drug-likeness (QED) is 0.923. The third-order valence-electron chi connectivity index (χ3n) is 4.32. The van der Waals surface area contributed by atoms with Crippen LogP contribution in [0.25, 0.3) is 0 Å². The van der Waals surface area contributed by atoms with Crippen LogP contribution in [0.4, 0.5) is 4.39 Å². The van der Waals surface area contributed by atoms with Crippen molar-refractivity contribution in [2.45, 2.75) is 37.6 Å². The maximum absolute atomic E-state index is 13.7. The topological polar surface area (TPSA) is 49.4 Å². The molecular weight excluding hydrogens is 271 g/mol. The second kappa shape index (κ2) is 5.84. The fourth-order valence-corrected chi connectivity index (χ4v) is 3.06. The Morgan fingerprint density at radius 1 is 1.33 bits per heavy atom. The first-order chi connectivity index (χ1) is 10.1. The molecular formula is C16H19FN2O2. The zero-order valence-corrected chi connectivity index (χ0v) is 11.8. The lowest BCUT2D eigenvalue weighted by Crippen LogP contribution is -2.51. The van der Waals surface area contributed by atoms with Crippen molar-refractivity contribution in [3.8, 4) is 0 Å². The first-order valence-corrected chi connectivity index (χ1v) is 7.45. The Bertz CT molecular complexity index is 555. The SMILES string of the molecule is O=C1CCCC(CC(=O)N2CC(c3ccccc3F)C2)N1. The van der Waals surface area contributed by atoms with Crippen LogP contribution in [-0.2, 0) is 9.59 Å². The highest BCUT2D eigenvalue weighted by Crippen LogP contribution is 2.29. The van der Waals surface area contributed by atoms with E-state index in [1.165, 1.54) is 6.07 Å². The van der Waals surface area contributed by atoms with Crippen LogP contribution in [0.5, 0.6) is 0 Å². The number of piperidine rings is 1. The molecule has 3 rings (SSSR count). The van der Waals surface area contributed by atoms with E-state index >= 15 is 0 Å². The molecule has 1 atom stereocenters. The van der Waals surface area contributed by atoms with Gasteiger partial charge in [0.2, 0.25) is 11.8 Å². The van der Waals surface area contributed by atoms with Crippen molar-refractivity contribution in [3.05, 3.63) is 35.6 Å². The maximum atomic E-state index is 13.7. The van der Waals surface area contributed by atoms with E-state index in [-0.39, 0.29) is 29.6 Å². The Balaban J connectivity index is 1.50. The lowest BCUT2D eigenvalue weighted by Gasteiger charge is -2.40. The predicted octanol–water partition coefficient (Wildman–Crippen LogP) is 1.81. The molecule has 1 N–H and O–H groups in total. The number of amides is 2. The van der Waals surface area contributed by atoms with E-state index in [2.05, 4.69) is 5.32 Å². The van der Waals surface area contributed by atoms with Crippen LogP contribution in [0.15, 0.2) is 24.3 Å². The van der Waals surface area contributed by atoms with Gasteiger partial charge in [0.15, 0.2) is 0 Å². The van der Waals surface area contributed by atoms with Gasteiger partial charge in [-0.15, -0.1) is 0 Å². The second-order valence-corrected chi connectivity index (χ2v) is 5.88. The van der Waals surface area contributed by atoms with Gasteiger partial charge in [-0.1, -0.05) is 18.2 Å². The molecule has 2 heterocycles. The van der Waals surface area contributed by atoms with Gasteiger partial charge in [0, 0.05) is 37.9 Å². The van der Waals surface area contributed by atoms with Crippen molar-refractivity contribution in [2.75, 3.05) is 13.1 Å². The van der Waals surface area contributed by atoms with Gasteiger partial charge in [0.05, 0.1) is 0 Å². The van der Waals surface area contributed by atoms with Gasteiger partial charge in [-0.25, -0.2) is 4.39 Å². The molecule has 2 aliphatic heterocycles. The smallest absolute Gasteiger partial charge is 0.224 e. The Kier molecular flexibility index (Phi) is 3.90. The largest absolute Gasteiger partial charge is 0.353 e. The van der Waals surface area contributed by atoms with Gasteiger partial charge in [0.1, 0.15) is 5.82 Å². The van der Waals surface area contributed by atoms with Gasteiger partial charge in [-0.05, 0) is 24.5 Å². The number of rotatable bonds is 3. The summed E-state index contributed by atoms with van der Waals surface area (Å²) in [7, 11) is 0. The van der Waals surface area contributed by atoms with Crippen LogP contribution in [0.3, 0.4) is 0 Å². The fourth-order valence-electron chi connectivity index (χ4n) is 3.06. The first kappa shape index (κ1) is 14.0. The molecule has 1 aromatic rings. The number of halogens is 1. The third-order valence-corrected chi connectivity index (χ3v) is 4.32. The van der Waals surface area contributed by atoms with E-state index in [0.717, 1.165) is 12.8 Å². The summed E-state index contributed by atoms with van der Waals surface area (Å²) in [5, 5.41) is 2.86. The molecule has 1 unspecified atom stereocenters. The minimum absolute atomic E-state index is 0.0342. The molecule has 112 valence electrons. The van der Waals surface area contributed by atoms with Crippen LogP contribution >= 0.6 is 0 Å². The second-order valence-electron chi connectivity index (χ2n) is 5.88. The molecule has 5 heteroatoms. The highest BCUT2D eigenvalue weighted by atomic mass is 19.1. The Labute approximate surface area is 123 Å². The number of nitrogens with zero attached hydrogens (tertiary/aromatic N) is 1. The minimum Gasteiger partial charge on any atom is -0.353 e. The molecule has 0 aromatic heterocycles. The van der Waals surface area contributed by atoms with E-state index in [1.54, 1.807) is 17.0 Å². The number of hydrogen-bond donors (Lipinski definition) is 1. The van der Waals surface area contributed by atoms with E-state index in [9.17, 15) is 14.0 Å². The van der Waals surface area contributed by atoms with Crippen molar-refractivity contribution < 1.29 is 14.0 Å². The van der Waals surface area contributed by atoms with E-state index in [0.29, 0.717) is 31.5 Å². The van der Waals surface area contributed by atoms with E-state index in [4.69, 9.17) is 0 Å². The van der Waals surface area contributed by atoms with Crippen LogP contribution in [0, 0.1) is 5.82 Å². The summed E-state index contributed by atoms with van der Waals surface area (Å²) in [4.78, 5) is 25.2. The fraction of sp³-hybridized carbons (Fsp3) is 0.500. The lowest BCUT2D eigenvalue weighted by molar-refractivity contribution is -0.136. The standard InChI is InChI=1S/C16H19FN2O2/c17-14-6-2-1-5-13(14)11-9-19(10-11)16(21)8-12-4-3-7-15(20)18-12/h1-2,5-6,11-12H,3-4,7-10H2,(H,18,20). The van der Waals surface area contributed by atoms with Crippen molar-refractivity contribution in [1.82, 2.24) is 10.2 Å². The van der Waals surface area contributed by atoms with E-state index < -0.39 is 0 Å². The average molecular weight is 290 g/mol. The molecule has 1 aromatic carbocycles. The molecule has 21 heavy (non-hydrogen) atoms. The molecule has 2 saturated heterocycles. The highest BCUT2D eigenvalue weighted by Gasteiger charge is 2.34. The van der Waals surface area contributed by atoms with Crippen LogP contribution in [-0.4, -0.2) is 35.8 Å². The zero-order valence-electron chi connectivity index (χ0n) is 11.8. The normalized spacial score (nSPS) is 22.6. The Morgan fingerprint density at radius 3 is 2.81 bits per heavy atom. The minimum atomic E-state index is -0.200. The van der Waals surface area contributed by atoms with Crippen LogP contribution in [0.1, 0.15) is 37.2 Å². The number of benzene rings is 1. The molecule has 0 radical (unpaired) electrons. The van der Waals surface area contributed by atoms with Gasteiger partial charge < -0.3 is 10.2 Å². The van der Waals surface area contributed by atoms with Crippen molar-refractivity contribution >= 4 is 11.8 Å². The summed E-state index contributed by atoms with van der Waals surface area (Å²) in [6.07, 6.45) is 2.63. The molecule has 2 amide bonds. The Morgan fingerprint density at radius 2 is 2.10 bits per heavy atom. The van der Waals surface area contributed by atoms with Gasteiger partial charge in [0.25, 0.3) is 0 Å². The highest BCUT2D eigenvalue weighted by molar-refractivity contribution is 5.81. The van der Waals surface area contributed by atoms with Crippen LogP contribution < -0.4 is 5.32 Å². The lowest BCUT2D eigenvalue weighted by atomic mass is 9.90. The van der Waals surface area contributed by atoms with Crippen molar-refractivity contribution in [2.24, 2.45) is 0 Å². The third kappa shape index (κ3) is 3.06. The molecule has 0 aliphatic carbocycles.